The van der Waals surface area contributed by atoms with Gasteiger partial charge in [0.05, 0.1) is 6.10 Å². The Bertz CT molecular complexity index is 262. The minimum Gasteiger partial charge on any atom is -0.366 e. The molecule has 2 rings (SSSR count). The maximum absolute atomic E-state index is 11.7. The lowest BCUT2D eigenvalue weighted by atomic mass is 9.91. The monoisotopic (exact) mass is 240 g/mol. The summed E-state index contributed by atoms with van der Waals surface area (Å²) in [6.07, 6.45) is 2.61. The number of rotatable bonds is 3. The number of carbonyl (C=O) groups excluding carboxylic acids is 1. The van der Waals surface area contributed by atoms with Gasteiger partial charge in [0.2, 0.25) is 5.91 Å². The summed E-state index contributed by atoms with van der Waals surface area (Å²) in [4.78, 5) is 13.7. The summed E-state index contributed by atoms with van der Waals surface area (Å²) in [5, 5.41) is 3.37. The van der Waals surface area contributed by atoms with E-state index < -0.39 is 0 Å². The van der Waals surface area contributed by atoms with Crippen LogP contribution in [0.4, 0.5) is 0 Å². The van der Waals surface area contributed by atoms with Crippen LogP contribution in [0.1, 0.15) is 26.7 Å². The topological polar surface area (TPSA) is 41.6 Å². The van der Waals surface area contributed by atoms with Gasteiger partial charge in [0.1, 0.15) is 6.61 Å². The van der Waals surface area contributed by atoms with Crippen molar-refractivity contribution < 1.29 is 9.53 Å². The Hall–Kier alpha value is -0.610. The molecule has 1 amide bonds. The molecular weight excluding hydrogens is 216 g/mol. The minimum absolute atomic E-state index is 0.156. The van der Waals surface area contributed by atoms with Crippen LogP contribution in [-0.4, -0.2) is 49.7 Å². The molecule has 0 saturated carbocycles. The van der Waals surface area contributed by atoms with Gasteiger partial charge in [0.15, 0.2) is 0 Å². The molecule has 2 saturated heterocycles. The molecule has 98 valence electrons. The number of morpholine rings is 1. The number of hydrogen-bond acceptors (Lipinski definition) is 3. The molecule has 2 aliphatic rings. The summed E-state index contributed by atoms with van der Waals surface area (Å²) in [6.45, 7) is 8.42. The molecule has 0 aromatic carbocycles. The molecule has 1 atom stereocenters. The van der Waals surface area contributed by atoms with Crippen LogP contribution < -0.4 is 5.32 Å². The molecule has 1 unspecified atom stereocenters. The highest BCUT2D eigenvalue weighted by Gasteiger charge is 2.32. The summed E-state index contributed by atoms with van der Waals surface area (Å²) in [7, 11) is 0. The molecule has 17 heavy (non-hydrogen) atoms. The molecule has 0 aromatic heterocycles. The van der Waals surface area contributed by atoms with Gasteiger partial charge in [-0.3, -0.25) is 4.79 Å². The van der Waals surface area contributed by atoms with E-state index >= 15 is 0 Å². The number of carbonyl (C=O) groups is 1. The van der Waals surface area contributed by atoms with Crippen LogP contribution in [0.25, 0.3) is 0 Å². The zero-order chi connectivity index (χ0) is 12.3. The molecule has 2 heterocycles. The second-order valence-electron chi connectivity index (χ2n) is 5.63. The zero-order valence-electron chi connectivity index (χ0n) is 10.9. The largest absolute Gasteiger partial charge is 0.366 e. The average molecular weight is 240 g/mol. The fourth-order valence-corrected chi connectivity index (χ4v) is 2.76. The molecule has 2 fully saturated rings. The quantitative estimate of drug-likeness (QED) is 0.796. The third-order valence-electron chi connectivity index (χ3n) is 3.67. The summed E-state index contributed by atoms with van der Waals surface area (Å²) < 4.78 is 5.72. The second kappa shape index (κ2) is 5.83. The van der Waals surface area contributed by atoms with Crippen molar-refractivity contribution in [2.45, 2.75) is 32.8 Å². The van der Waals surface area contributed by atoms with E-state index in [2.05, 4.69) is 19.2 Å². The zero-order valence-corrected chi connectivity index (χ0v) is 10.9. The van der Waals surface area contributed by atoms with E-state index in [-0.39, 0.29) is 18.6 Å². The molecule has 4 nitrogen and oxygen atoms in total. The summed E-state index contributed by atoms with van der Waals surface area (Å²) in [5.41, 5.74) is 0. The summed E-state index contributed by atoms with van der Waals surface area (Å²) >= 11 is 0. The third-order valence-corrected chi connectivity index (χ3v) is 3.67. The highest BCUT2D eigenvalue weighted by Crippen LogP contribution is 2.23. The molecule has 0 aliphatic carbocycles. The van der Waals surface area contributed by atoms with Crippen molar-refractivity contribution in [2.75, 3.05) is 32.8 Å². The summed E-state index contributed by atoms with van der Waals surface area (Å²) in [5.74, 6) is 1.31. The molecule has 0 radical (unpaired) electrons. The van der Waals surface area contributed by atoms with Gasteiger partial charge in [-0.25, -0.2) is 0 Å². The van der Waals surface area contributed by atoms with E-state index in [4.69, 9.17) is 4.74 Å². The van der Waals surface area contributed by atoms with Crippen LogP contribution in [-0.2, 0) is 9.53 Å². The third kappa shape index (κ3) is 3.42. The SMILES string of the molecule is CC(C)CN1CC(C2CCNCC2)OCC1=O. The summed E-state index contributed by atoms with van der Waals surface area (Å²) in [6, 6.07) is 0. The number of nitrogens with one attached hydrogen (secondary N) is 1. The van der Waals surface area contributed by atoms with Crippen LogP contribution in [0.5, 0.6) is 0 Å². The number of amides is 1. The predicted molar refractivity (Wildman–Crippen MR) is 66.8 cm³/mol. The standard InChI is InChI=1S/C13H24N2O2/c1-10(2)7-15-8-12(17-9-13(15)16)11-3-5-14-6-4-11/h10-12,14H,3-9H2,1-2H3. The Morgan fingerprint density at radius 3 is 2.76 bits per heavy atom. The lowest BCUT2D eigenvalue weighted by Crippen LogP contribution is -2.51. The maximum Gasteiger partial charge on any atom is 0.248 e. The fourth-order valence-electron chi connectivity index (χ4n) is 2.76. The first kappa shape index (κ1) is 12.8. The molecule has 1 N–H and O–H groups in total. The van der Waals surface area contributed by atoms with Gasteiger partial charge in [0, 0.05) is 13.1 Å². The van der Waals surface area contributed by atoms with Crippen molar-refractivity contribution in [2.24, 2.45) is 11.8 Å². The molecule has 2 aliphatic heterocycles. The number of hydrogen-bond donors (Lipinski definition) is 1. The Balaban J connectivity index is 1.89. The minimum atomic E-state index is 0.156. The van der Waals surface area contributed by atoms with E-state index in [0.717, 1.165) is 26.2 Å². The smallest absolute Gasteiger partial charge is 0.248 e. The van der Waals surface area contributed by atoms with Crippen molar-refractivity contribution in [1.29, 1.82) is 0 Å². The van der Waals surface area contributed by atoms with E-state index in [1.54, 1.807) is 0 Å². The van der Waals surface area contributed by atoms with E-state index in [1.165, 1.54) is 12.8 Å². The highest BCUT2D eigenvalue weighted by atomic mass is 16.5. The first-order valence-electron chi connectivity index (χ1n) is 6.77. The Morgan fingerprint density at radius 2 is 2.12 bits per heavy atom. The van der Waals surface area contributed by atoms with Gasteiger partial charge in [-0.05, 0) is 37.8 Å². The van der Waals surface area contributed by atoms with Crippen molar-refractivity contribution >= 4 is 5.91 Å². The van der Waals surface area contributed by atoms with Crippen LogP contribution >= 0.6 is 0 Å². The van der Waals surface area contributed by atoms with E-state index in [9.17, 15) is 4.79 Å². The first-order valence-corrected chi connectivity index (χ1v) is 6.77. The van der Waals surface area contributed by atoms with Gasteiger partial charge in [-0.15, -0.1) is 0 Å². The lowest BCUT2D eigenvalue weighted by molar-refractivity contribution is -0.153. The molecule has 0 spiro atoms. The van der Waals surface area contributed by atoms with Crippen molar-refractivity contribution in [1.82, 2.24) is 10.2 Å². The van der Waals surface area contributed by atoms with Crippen LogP contribution in [0.2, 0.25) is 0 Å². The van der Waals surface area contributed by atoms with Gasteiger partial charge in [-0.1, -0.05) is 13.8 Å². The van der Waals surface area contributed by atoms with E-state index in [0.29, 0.717) is 11.8 Å². The number of nitrogens with zero attached hydrogens (tertiary/aromatic N) is 1. The average Bonchev–Trinajstić information content (AvgIpc) is 2.32. The number of piperidine rings is 1. The predicted octanol–water partition coefficient (Wildman–Crippen LogP) is 0.869. The van der Waals surface area contributed by atoms with Gasteiger partial charge in [0.25, 0.3) is 0 Å². The van der Waals surface area contributed by atoms with Gasteiger partial charge in [-0.2, -0.15) is 0 Å². The van der Waals surface area contributed by atoms with Crippen LogP contribution in [0.3, 0.4) is 0 Å². The Morgan fingerprint density at radius 1 is 1.41 bits per heavy atom. The maximum atomic E-state index is 11.7. The molecular formula is C13H24N2O2. The molecule has 4 heteroatoms. The fraction of sp³-hybridized carbons (Fsp3) is 0.923. The van der Waals surface area contributed by atoms with Crippen LogP contribution in [0, 0.1) is 11.8 Å². The molecule has 0 bridgehead atoms. The van der Waals surface area contributed by atoms with Crippen LogP contribution in [0.15, 0.2) is 0 Å². The normalized spacial score (nSPS) is 27.8. The van der Waals surface area contributed by atoms with Crippen molar-refractivity contribution in [3.63, 3.8) is 0 Å². The van der Waals surface area contributed by atoms with Gasteiger partial charge < -0.3 is 15.0 Å². The Labute approximate surface area is 104 Å². The van der Waals surface area contributed by atoms with Crippen molar-refractivity contribution in [3.05, 3.63) is 0 Å². The molecule has 0 aromatic rings. The first-order chi connectivity index (χ1) is 8.16. The number of ether oxygens (including phenoxy) is 1. The van der Waals surface area contributed by atoms with Crippen molar-refractivity contribution in [3.8, 4) is 0 Å². The highest BCUT2D eigenvalue weighted by molar-refractivity contribution is 5.78. The lowest BCUT2D eigenvalue weighted by Gasteiger charge is -2.38. The van der Waals surface area contributed by atoms with E-state index in [1.807, 2.05) is 4.90 Å². The Kier molecular flexibility index (Phi) is 4.40. The van der Waals surface area contributed by atoms with Gasteiger partial charge >= 0.3 is 0 Å². The second-order valence-corrected chi connectivity index (χ2v) is 5.63.